The number of rotatable bonds is 4. The molecule has 3 N–H and O–H groups in total. The van der Waals surface area contributed by atoms with Crippen LogP contribution in [-0.4, -0.2) is 67.4 Å². The van der Waals surface area contributed by atoms with Crippen LogP contribution in [0.25, 0.3) is 0 Å². The van der Waals surface area contributed by atoms with Crippen LogP contribution in [0.3, 0.4) is 0 Å². The van der Waals surface area contributed by atoms with Crippen molar-refractivity contribution in [1.29, 1.82) is 0 Å². The molecule has 1 aliphatic heterocycles. The van der Waals surface area contributed by atoms with Crippen molar-refractivity contribution in [2.45, 2.75) is 31.7 Å². The summed E-state index contributed by atoms with van der Waals surface area (Å²) in [4.78, 5) is 28.0. The Morgan fingerprint density at radius 1 is 1.14 bits per heavy atom. The lowest BCUT2D eigenvalue weighted by Gasteiger charge is -2.32. The van der Waals surface area contributed by atoms with E-state index in [4.69, 9.17) is 5.73 Å². The SMILES string of the molecule is CN1CCN(C(=O)CCNC(=O)C2CCC(N)C2)CC1.Cl.Cl. The van der Waals surface area contributed by atoms with Crippen LogP contribution in [0.2, 0.25) is 0 Å². The topological polar surface area (TPSA) is 78.7 Å². The summed E-state index contributed by atoms with van der Waals surface area (Å²) in [5, 5.41) is 2.87. The van der Waals surface area contributed by atoms with Gasteiger partial charge in [0.15, 0.2) is 0 Å². The Kier molecular flexibility index (Phi) is 10.00. The molecule has 2 rings (SSSR count). The van der Waals surface area contributed by atoms with E-state index >= 15 is 0 Å². The molecule has 2 amide bonds. The summed E-state index contributed by atoms with van der Waals surface area (Å²) < 4.78 is 0. The third kappa shape index (κ3) is 6.28. The Balaban J connectivity index is 0.00000220. The Labute approximate surface area is 145 Å². The molecule has 1 saturated carbocycles. The zero-order valence-electron chi connectivity index (χ0n) is 13.1. The van der Waals surface area contributed by atoms with Gasteiger partial charge in [0.05, 0.1) is 0 Å². The van der Waals surface area contributed by atoms with E-state index in [2.05, 4.69) is 17.3 Å². The minimum atomic E-state index is 0. The molecule has 0 radical (unpaired) electrons. The van der Waals surface area contributed by atoms with Crippen LogP contribution in [0.1, 0.15) is 25.7 Å². The van der Waals surface area contributed by atoms with Crippen molar-refractivity contribution in [3.05, 3.63) is 0 Å². The molecule has 0 aromatic carbocycles. The average molecular weight is 355 g/mol. The maximum Gasteiger partial charge on any atom is 0.224 e. The largest absolute Gasteiger partial charge is 0.355 e. The Morgan fingerprint density at radius 3 is 2.32 bits per heavy atom. The van der Waals surface area contributed by atoms with Gasteiger partial charge in [-0.25, -0.2) is 0 Å². The lowest BCUT2D eigenvalue weighted by atomic mass is 10.1. The molecule has 0 aromatic heterocycles. The van der Waals surface area contributed by atoms with E-state index in [0.717, 1.165) is 45.4 Å². The van der Waals surface area contributed by atoms with E-state index in [9.17, 15) is 9.59 Å². The number of carbonyl (C=O) groups excluding carboxylic acids is 2. The number of nitrogens with two attached hydrogens (primary N) is 1. The third-order valence-electron chi connectivity index (χ3n) is 4.34. The molecular weight excluding hydrogens is 327 g/mol. The van der Waals surface area contributed by atoms with Gasteiger partial charge in [-0.1, -0.05) is 0 Å². The second kappa shape index (κ2) is 10.3. The number of amides is 2. The maximum absolute atomic E-state index is 12.0. The van der Waals surface area contributed by atoms with E-state index < -0.39 is 0 Å². The fourth-order valence-electron chi connectivity index (χ4n) is 2.91. The molecule has 2 fully saturated rings. The first-order chi connectivity index (χ1) is 9.56. The molecule has 0 aromatic rings. The van der Waals surface area contributed by atoms with Crippen molar-refractivity contribution < 1.29 is 9.59 Å². The number of nitrogens with zero attached hydrogens (tertiary/aromatic N) is 2. The van der Waals surface area contributed by atoms with Crippen molar-refractivity contribution in [3.8, 4) is 0 Å². The normalized spacial score (nSPS) is 25.1. The van der Waals surface area contributed by atoms with Crippen molar-refractivity contribution in [2.75, 3.05) is 39.8 Å². The summed E-state index contributed by atoms with van der Waals surface area (Å²) in [7, 11) is 2.06. The van der Waals surface area contributed by atoms with Gasteiger partial charge in [0.1, 0.15) is 0 Å². The van der Waals surface area contributed by atoms with Crippen molar-refractivity contribution in [2.24, 2.45) is 11.7 Å². The zero-order chi connectivity index (χ0) is 14.5. The van der Waals surface area contributed by atoms with E-state index in [1.54, 1.807) is 0 Å². The van der Waals surface area contributed by atoms with Crippen LogP contribution in [0.5, 0.6) is 0 Å². The van der Waals surface area contributed by atoms with Gasteiger partial charge in [0.2, 0.25) is 11.8 Å². The van der Waals surface area contributed by atoms with Crippen LogP contribution in [-0.2, 0) is 9.59 Å². The summed E-state index contributed by atoms with van der Waals surface area (Å²) in [5.74, 6) is 0.245. The van der Waals surface area contributed by atoms with Crippen LogP contribution in [0.15, 0.2) is 0 Å². The Morgan fingerprint density at radius 2 is 1.77 bits per heavy atom. The second-order valence-corrected chi connectivity index (χ2v) is 6.00. The van der Waals surface area contributed by atoms with Crippen LogP contribution in [0, 0.1) is 5.92 Å². The van der Waals surface area contributed by atoms with E-state index in [0.29, 0.717) is 13.0 Å². The predicted molar refractivity (Wildman–Crippen MR) is 91.5 cm³/mol. The maximum atomic E-state index is 12.0. The first-order valence-corrected chi connectivity index (χ1v) is 7.56. The van der Waals surface area contributed by atoms with Gasteiger partial charge in [-0.05, 0) is 26.3 Å². The van der Waals surface area contributed by atoms with E-state index in [-0.39, 0.29) is 48.6 Å². The molecule has 0 bridgehead atoms. The second-order valence-electron chi connectivity index (χ2n) is 6.00. The van der Waals surface area contributed by atoms with Gasteiger partial charge < -0.3 is 20.9 Å². The standard InChI is InChI=1S/C14H26N4O2.2ClH/c1-17-6-8-18(9-7-17)13(19)4-5-16-14(20)11-2-3-12(15)10-11;;/h11-12H,2-10,15H2,1H3,(H,16,20);2*1H. The van der Waals surface area contributed by atoms with E-state index in [1.807, 2.05) is 4.90 Å². The van der Waals surface area contributed by atoms with Gasteiger partial charge in [-0.15, -0.1) is 24.8 Å². The summed E-state index contributed by atoms with van der Waals surface area (Å²) >= 11 is 0. The quantitative estimate of drug-likeness (QED) is 0.757. The number of nitrogens with one attached hydrogen (secondary N) is 1. The fraction of sp³-hybridized carbons (Fsp3) is 0.857. The van der Waals surface area contributed by atoms with Crippen LogP contribution in [0.4, 0.5) is 0 Å². The third-order valence-corrected chi connectivity index (χ3v) is 4.34. The highest BCUT2D eigenvalue weighted by molar-refractivity contribution is 5.85. The number of likely N-dealkylation sites (N-methyl/N-ethyl adjacent to an activating group) is 1. The van der Waals surface area contributed by atoms with Crippen molar-refractivity contribution in [1.82, 2.24) is 15.1 Å². The average Bonchev–Trinajstić information content (AvgIpc) is 2.86. The highest BCUT2D eigenvalue weighted by atomic mass is 35.5. The Bertz CT molecular complexity index is 363. The molecule has 0 spiro atoms. The molecule has 2 aliphatic rings. The lowest BCUT2D eigenvalue weighted by Crippen LogP contribution is -2.47. The summed E-state index contributed by atoms with van der Waals surface area (Å²) in [5.41, 5.74) is 5.80. The van der Waals surface area contributed by atoms with Gasteiger partial charge in [-0.3, -0.25) is 9.59 Å². The molecule has 2 unspecified atom stereocenters. The van der Waals surface area contributed by atoms with Gasteiger partial charge in [-0.2, -0.15) is 0 Å². The number of hydrogen-bond donors (Lipinski definition) is 2. The molecule has 130 valence electrons. The summed E-state index contributed by atoms with van der Waals surface area (Å²) in [6, 6.07) is 0.165. The molecule has 1 aliphatic carbocycles. The Hall–Kier alpha value is -0.560. The van der Waals surface area contributed by atoms with Crippen LogP contribution >= 0.6 is 24.8 Å². The van der Waals surface area contributed by atoms with Gasteiger partial charge >= 0.3 is 0 Å². The highest BCUT2D eigenvalue weighted by Crippen LogP contribution is 2.23. The lowest BCUT2D eigenvalue weighted by molar-refractivity contribution is -0.132. The van der Waals surface area contributed by atoms with E-state index in [1.165, 1.54) is 0 Å². The number of piperazine rings is 1. The molecule has 6 nitrogen and oxygen atoms in total. The molecule has 1 saturated heterocycles. The first-order valence-electron chi connectivity index (χ1n) is 7.56. The molecular formula is C14H28Cl2N4O2. The molecule has 22 heavy (non-hydrogen) atoms. The fourth-order valence-corrected chi connectivity index (χ4v) is 2.91. The zero-order valence-corrected chi connectivity index (χ0v) is 14.8. The minimum absolute atomic E-state index is 0. The summed E-state index contributed by atoms with van der Waals surface area (Å²) in [6.45, 7) is 3.88. The smallest absolute Gasteiger partial charge is 0.224 e. The monoisotopic (exact) mass is 354 g/mol. The number of hydrogen-bond acceptors (Lipinski definition) is 4. The van der Waals surface area contributed by atoms with Gasteiger partial charge in [0.25, 0.3) is 0 Å². The van der Waals surface area contributed by atoms with Crippen LogP contribution < -0.4 is 11.1 Å². The first kappa shape index (κ1) is 21.4. The molecule has 8 heteroatoms. The minimum Gasteiger partial charge on any atom is -0.355 e. The van der Waals surface area contributed by atoms with Crippen molar-refractivity contribution in [3.63, 3.8) is 0 Å². The van der Waals surface area contributed by atoms with Gasteiger partial charge in [0, 0.05) is 51.1 Å². The number of carbonyl (C=O) groups is 2. The molecule has 2 atom stereocenters. The molecule has 1 heterocycles. The van der Waals surface area contributed by atoms with Crippen molar-refractivity contribution >= 4 is 36.6 Å². The predicted octanol–water partition coefficient (Wildman–Crippen LogP) is 0.238. The number of halogens is 2. The summed E-state index contributed by atoms with van der Waals surface area (Å²) in [6.07, 6.45) is 2.98. The highest BCUT2D eigenvalue weighted by Gasteiger charge is 2.27.